The maximum Gasteiger partial charge on any atom is 0.490 e. The summed E-state index contributed by atoms with van der Waals surface area (Å²) in [6.07, 6.45) is -8.81. The summed E-state index contributed by atoms with van der Waals surface area (Å²) in [5, 5.41) is 17.8. The van der Waals surface area contributed by atoms with E-state index in [0.717, 1.165) is 18.6 Å². The summed E-state index contributed by atoms with van der Waals surface area (Å²) < 4.78 is 63.5. The summed E-state index contributed by atoms with van der Waals surface area (Å²) in [7, 11) is 0. The first-order valence-electron chi connectivity index (χ1n) is 7.92. The molecule has 2 heterocycles. The van der Waals surface area contributed by atoms with E-state index in [1.165, 1.54) is 25.1 Å². The summed E-state index contributed by atoms with van der Waals surface area (Å²) in [6, 6.07) is 12.3. The molecule has 0 radical (unpaired) electrons. The predicted molar refractivity (Wildman–Crippen MR) is 84.4 cm³/mol. The number of fused-ring (bicyclic) bond motifs is 2. The lowest BCUT2D eigenvalue weighted by molar-refractivity contribution is -0.193. The van der Waals surface area contributed by atoms with Gasteiger partial charge in [-0.15, -0.1) is 0 Å². The van der Waals surface area contributed by atoms with Gasteiger partial charge < -0.3 is 15.5 Å². The zero-order valence-electron chi connectivity index (χ0n) is 14.3. The van der Waals surface area contributed by atoms with Crippen molar-refractivity contribution in [3.8, 4) is 0 Å². The Morgan fingerprint density at radius 3 is 1.79 bits per heavy atom. The number of hydrogen-bond acceptors (Lipinski definition) is 4. The zero-order valence-corrected chi connectivity index (χ0v) is 14.3. The third-order valence-corrected chi connectivity index (χ3v) is 3.88. The molecule has 2 bridgehead atoms. The number of hydrogen-bond donors (Lipinski definition) is 3. The molecule has 0 aromatic heterocycles. The topological polar surface area (TPSA) is 89.9 Å². The molecule has 1 aromatic rings. The Labute approximate surface area is 155 Å². The summed E-state index contributed by atoms with van der Waals surface area (Å²) in [6.45, 7) is 3.56. The molecule has 0 saturated carbocycles. The molecular formula is C16H18F6N2O4. The second-order valence-corrected chi connectivity index (χ2v) is 6.02. The summed E-state index contributed by atoms with van der Waals surface area (Å²) in [4.78, 5) is 20.4. The van der Waals surface area contributed by atoms with E-state index >= 15 is 0 Å². The first-order chi connectivity index (χ1) is 12.8. The highest BCUT2D eigenvalue weighted by molar-refractivity contribution is 5.73. The van der Waals surface area contributed by atoms with Crippen LogP contribution in [0.15, 0.2) is 30.3 Å². The molecule has 158 valence electrons. The fourth-order valence-electron chi connectivity index (χ4n) is 2.66. The number of nitrogens with one attached hydrogen (secondary N) is 1. The Morgan fingerprint density at radius 1 is 1.00 bits per heavy atom. The van der Waals surface area contributed by atoms with Gasteiger partial charge in [0.2, 0.25) is 0 Å². The average molecular weight is 416 g/mol. The molecule has 1 aromatic carbocycles. The monoisotopic (exact) mass is 416 g/mol. The Balaban J connectivity index is 0.000000240. The van der Waals surface area contributed by atoms with Gasteiger partial charge in [-0.1, -0.05) is 30.3 Å². The Morgan fingerprint density at radius 2 is 1.46 bits per heavy atom. The van der Waals surface area contributed by atoms with Crippen molar-refractivity contribution < 1.29 is 46.1 Å². The average Bonchev–Trinajstić information content (AvgIpc) is 3.18. The van der Waals surface area contributed by atoms with Crippen LogP contribution >= 0.6 is 0 Å². The smallest absolute Gasteiger partial charge is 0.475 e. The number of alkyl halides is 6. The van der Waals surface area contributed by atoms with Crippen molar-refractivity contribution in [1.82, 2.24) is 10.2 Å². The third-order valence-electron chi connectivity index (χ3n) is 3.88. The van der Waals surface area contributed by atoms with Crippen LogP contribution in [0.25, 0.3) is 0 Å². The standard InChI is InChI=1S/C12H16N2.2C2HF3O2/c1-2-4-10(5-3-1)8-14-9-11-6-12(14)7-13-11;2*3-2(4,5)1(6)7/h1-5,11-13H,6-9H2;2*(H,6,7). The maximum absolute atomic E-state index is 10.6. The van der Waals surface area contributed by atoms with Gasteiger partial charge in [-0.25, -0.2) is 9.59 Å². The van der Waals surface area contributed by atoms with Crippen LogP contribution in [-0.2, 0) is 16.1 Å². The van der Waals surface area contributed by atoms with Crippen LogP contribution in [0, 0.1) is 0 Å². The predicted octanol–water partition coefficient (Wildman–Crippen LogP) is 2.50. The van der Waals surface area contributed by atoms with Gasteiger partial charge in [0, 0.05) is 31.7 Å². The van der Waals surface area contributed by atoms with Gasteiger partial charge >= 0.3 is 24.3 Å². The molecule has 2 aliphatic rings. The van der Waals surface area contributed by atoms with Gasteiger partial charge in [0.05, 0.1) is 0 Å². The number of rotatable bonds is 2. The molecular weight excluding hydrogens is 398 g/mol. The molecule has 2 unspecified atom stereocenters. The van der Waals surface area contributed by atoms with Gasteiger partial charge in [-0.05, 0) is 12.0 Å². The SMILES string of the molecule is O=C(O)C(F)(F)F.O=C(O)C(F)(F)F.c1ccc(CN2CC3CC2CN3)cc1. The third kappa shape index (κ3) is 8.13. The first kappa shape index (κ1) is 23.7. The minimum atomic E-state index is -5.08. The molecule has 3 N–H and O–H groups in total. The Bertz CT molecular complexity index is 627. The molecule has 2 fully saturated rings. The van der Waals surface area contributed by atoms with E-state index in [1.807, 2.05) is 0 Å². The van der Waals surface area contributed by atoms with E-state index in [4.69, 9.17) is 19.8 Å². The number of benzene rings is 1. The van der Waals surface area contributed by atoms with Gasteiger partial charge in [0.1, 0.15) is 0 Å². The van der Waals surface area contributed by atoms with Crippen LogP contribution in [0.1, 0.15) is 12.0 Å². The molecule has 6 nitrogen and oxygen atoms in total. The number of piperazine rings is 1. The number of halogens is 6. The van der Waals surface area contributed by atoms with Crippen molar-refractivity contribution in [1.29, 1.82) is 0 Å². The highest BCUT2D eigenvalue weighted by atomic mass is 19.4. The second kappa shape index (κ2) is 9.73. The van der Waals surface area contributed by atoms with Crippen molar-refractivity contribution >= 4 is 11.9 Å². The van der Waals surface area contributed by atoms with E-state index in [9.17, 15) is 26.3 Å². The number of likely N-dealkylation sites (tertiary alicyclic amines) is 1. The molecule has 2 aliphatic heterocycles. The largest absolute Gasteiger partial charge is 0.490 e. The molecule has 28 heavy (non-hydrogen) atoms. The fourth-order valence-corrected chi connectivity index (χ4v) is 2.66. The number of carbonyl (C=O) groups is 2. The normalized spacial score (nSPS) is 21.2. The molecule has 0 amide bonds. The minimum Gasteiger partial charge on any atom is -0.475 e. The van der Waals surface area contributed by atoms with Gasteiger partial charge in [0.25, 0.3) is 0 Å². The molecule has 3 rings (SSSR count). The number of aliphatic carboxylic acids is 2. The molecule has 2 saturated heterocycles. The molecule has 0 aliphatic carbocycles. The summed E-state index contributed by atoms with van der Waals surface area (Å²) in [5.41, 5.74) is 1.44. The highest BCUT2D eigenvalue weighted by Crippen LogP contribution is 2.24. The summed E-state index contributed by atoms with van der Waals surface area (Å²) in [5.74, 6) is -5.51. The molecule has 2 atom stereocenters. The number of carboxylic acid groups (broad SMARTS) is 2. The Hall–Kier alpha value is -2.34. The molecule has 12 heteroatoms. The van der Waals surface area contributed by atoms with Crippen LogP contribution in [0.3, 0.4) is 0 Å². The number of nitrogens with zero attached hydrogens (tertiary/aromatic N) is 1. The van der Waals surface area contributed by atoms with E-state index in [2.05, 4.69) is 40.5 Å². The van der Waals surface area contributed by atoms with E-state index in [-0.39, 0.29) is 0 Å². The fraction of sp³-hybridized carbons (Fsp3) is 0.500. The van der Waals surface area contributed by atoms with Crippen molar-refractivity contribution in [3.05, 3.63) is 35.9 Å². The lowest BCUT2D eigenvalue weighted by Gasteiger charge is -2.27. The molecule has 0 spiro atoms. The number of carboxylic acids is 2. The van der Waals surface area contributed by atoms with Crippen LogP contribution in [0.4, 0.5) is 26.3 Å². The van der Waals surface area contributed by atoms with E-state index < -0.39 is 24.3 Å². The van der Waals surface area contributed by atoms with Crippen LogP contribution < -0.4 is 5.32 Å². The quantitative estimate of drug-likeness (QED) is 0.642. The highest BCUT2D eigenvalue weighted by Gasteiger charge is 2.39. The van der Waals surface area contributed by atoms with Crippen molar-refractivity contribution in [2.75, 3.05) is 13.1 Å². The second-order valence-electron chi connectivity index (χ2n) is 6.02. The zero-order chi connectivity index (χ0) is 21.5. The van der Waals surface area contributed by atoms with Crippen LogP contribution in [0.5, 0.6) is 0 Å². The first-order valence-corrected chi connectivity index (χ1v) is 7.92. The maximum atomic E-state index is 10.6. The van der Waals surface area contributed by atoms with Crippen molar-refractivity contribution in [2.45, 2.75) is 37.4 Å². The van der Waals surface area contributed by atoms with Crippen LogP contribution in [0.2, 0.25) is 0 Å². The van der Waals surface area contributed by atoms with Crippen molar-refractivity contribution in [3.63, 3.8) is 0 Å². The van der Waals surface area contributed by atoms with Gasteiger partial charge in [-0.3, -0.25) is 4.90 Å². The Kier molecular flexibility index (Phi) is 8.24. The summed E-state index contributed by atoms with van der Waals surface area (Å²) >= 11 is 0. The lowest BCUT2D eigenvalue weighted by atomic mass is 10.2. The lowest BCUT2D eigenvalue weighted by Crippen LogP contribution is -2.42. The van der Waals surface area contributed by atoms with Gasteiger partial charge in [-0.2, -0.15) is 26.3 Å². The van der Waals surface area contributed by atoms with E-state index in [1.54, 1.807) is 0 Å². The van der Waals surface area contributed by atoms with Gasteiger partial charge in [0.15, 0.2) is 0 Å². The van der Waals surface area contributed by atoms with Crippen molar-refractivity contribution in [2.24, 2.45) is 0 Å². The van der Waals surface area contributed by atoms with Crippen LogP contribution in [-0.4, -0.2) is 64.6 Å². The minimum absolute atomic E-state index is 0.767. The van der Waals surface area contributed by atoms with E-state index in [0.29, 0.717) is 0 Å².